The molecule has 2 amide bonds. The Labute approximate surface area is 173 Å². The maximum absolute atomic E-state index is 12.8. The fourth-order valence-electron chi connectivity index (χ4n) is 2.75. The lowest BCUT2D eigenvalue weighted by Gasteiger charge is -2.13. The summed E-state index contributed by atoms with van der Waals surface area (Å²) >= 11 is 7.07. The number of halogens is 1. The number of hydrogen-bond acceptors (Lipinski definition) is 5. The van der Waals surface area contributed by atoms with Crippen LogP contribution in [0.15, 0.2) is 47.4 Å². The van der Waals surface area contributed by atoms with E-state index >= 15 is 0 Å². The zero-order valence-corrected chi connectivity index (χ0v) is 17.2. The van der Waals surface area contributed by atoms with Crippen LogP contribution in [0.1, 0.15) is 25.0 Å². The minimum atomic E-state index is -0.341. The van der Waals surface area contributed by atoms with Crippen molar-refractivity contribution in [3.8, 4) is 11.5 Å². The average Bonchev–Trinajstić information content (AvgIpc) is 2.93. The van der Waals surface area contributed by atoms with Gasteiger partial charge in [-0.2, -0.15) is 0 Å². The molecule has 5 nitrogen and oxygen atoms in total. The minimum Gasteiger partial charge on any atom is -0.494 e. The lowest BCUT2D eigenvalue weighted by atomic mass is 10.1. The van der Waals surface area contributed by atoms with Gasteiger partial charge in [-0.25, -0.2) is 0 Å². The van der Waals surface area contributed by atoms with E-state index in [1.165, 1.54) is 4.90 Å². The van der Waals surface area contributed by atoms with Gasteiger partial charge in [0.1, 0.15) is 11.5 Å². The highest BCUT2D eigenvalue weighted by molar-refractivity contribution is 8.18. The van der Waals surface area contributed by atoms with Crippen LogP contribution in [0.2, 0.25) is 5.02 Å². The Hall–Kier alpha value is -2.44. The van der Waals surface area contributed by atoms with E-state index in [0.29, 0.717) is 40.2 Å². The highest BCUT2D eigenvalue weighted by Gasteiger charge is 2.35. The first-order valence-electron chi connectivity index (χ1n) is 8.92. The van der Waals surface area contributed by atoms with Crippen molar-refractivity contribution in [1.82, 2.24) is 4.90 Å². The summed E-state index contributed by atoms with van der Waals surface area (Å²) in [6.45, 7) is 4.96. The number of nitrogens with zero attached hydrogens (tertiary/aromatic N) is 1. The predicted molar refractivity (Wildman–Crippen MR) is 112 cm³/mol. The van der Waals surface area contributed by atoms with E-state index in [1.807, 2.05) is 32.0 Å². The van der Waals surface area contributed by atoms with Crippen molar-refractivity contribution in [2.24, 2.45) is 0 Å². The predicted octanol–water partition coefficient (Wildman–Crippen LogP) is 5.37. The number of hydrogen-bond donors (Lipinski definition) is 0. The van der Waals surface area contributed by atoms with Crippen molar-refractivity contribution in [3.63, 3.8) is 0 Å². The molecule has 0 unspecified atom stereocenters. The van der Waals surface area contributed by atoms with Gasteiger partial charge in [0.25, 0.3) is 11.1 Å². The number of thioether (sulfide) groups is 1. The van der Waals surface area contributed by atoms with Crippen LogP contribution >= 0.6 is 23.4 Å². The number of benzene rings is 2. The van der Waals surface area contributed by atoms with E-state index in [-0.39, 0.29) is 17.7 Å². The van der Waals surface area contributed by atoms with Crippen LogP contribution in [0.3, 0.4) is 0 Å². The van der Waals surface area contributed by atoms with E-state index < -0.39 is 0 Å². The molecule has 1 heterocycles. The second kappa shape index (κ2) is 9.17. The Morgan fingerprint density at radius 2 is 1.82 bits per heavy atom. The SMILES string of the molecule is CCOc1ccc(C=C2SC(=O)N(Cc3ccccc3Cl)C2=O)c(OCC)c1. The third-order valence-corrected chi connectivity index (χ3v) is 5.32. The molecule has 28 heavy (non-hydrogen) atoms. The molecule has 0 saturated carbocycles. The second-order valence-electron chi connectivity index (χ2n) is 5.92. The number of carbonyl (C=O) groups excluding carboxylic acids is 2. The highest BCUT2D eigenvalue weighted by atomic mass is 35.5. The van der Waals surface area contributed by atoms with Gasteiger partial charge in [0, 0.05) is 16.7 Å². The summed E-state index contributed by atoms with van der Waals surface area (Å²) in [6.07, 6.45) is 1.68. The van der Waals surface area contributed by atoms with Gasteiger partial charge >= 0.3 is 0 Å². The van der Waals surface area contributed by atoms with Gasteiger partial charge in [-0.05, 0) is 55.4 Å². The maximum atomic E-state index is 12.8. The van der Waals surface area contributed by atoms with Crippen LogP contribution in [0.4, 0.5) is 4.79 Å². The number of rotatable bonds is 7. The van der Waals surface area contributed by atoms with Crippen LogP contribution < -0.4 is 9.47 Å². The molecule has 2 aromatic rings. The summed E-state index contributed by atoms with van der Waals surface area (Å²) in [5.74, 6) is 0.951. The summed E-state index contributed by atoms with van der Waals surface area (Å²) in [5.41, 5.74) is 1.44. The van der Waals surface area contributed by atoms with Crippen LogP contribution in [-0.4, -0.2) is 29.3 Å². The molecule has 1 fully saturated rings. The van der Waals surface area contributed by atoms with Gasteiger partial charge < -0.3 is 9.47 Å². The molecule has 0 spiro atoms. The normalized spacial score (nSPS) is 15.4. The first-order valence-corrected chi connectivity index (χ1v) is 10.1. The quantitative estimate of drug-likeness (QED) is 0.566. The maximum Gasteiger partial charge on any atom is 0.293 e. The average molecular weight is 418 g/mol. The molecule has 0 aliphatic carbocycles. The molecule has 1 aliphatic rings. The van der Waals surface area contributed by atoms with Crippen molar-refractivity contribution < 1.29 is 19.1 Å². The first-order chi connectivity index (χ1) is 13.5. The summed E-state index contributed by atoms with van der Waals surface area (Å²) in [5, 5.41) is 0.204. The number of imide groups is 1. The van der Waals surface area contributed by atoms with Crippen molar-refractivity contribution in [1.29, 1.82) is 0 Å². The van der Waals surface area contributed by atoms with Crippen molar-refractivity contribution >= 4 is 40.6 Å². The molecular weight excluding hydrogens is 398 g/mol. The smallest absolute Gasteiger partial charge is 0.293 e. The van der Waals surface area contributed by atoms with Gasteiger partial charge in [-0.15, -0.1) is 0 Å². The van der Waals surface area contributed by atoms with E-state index in [4.69, 9.17) is 21.1 Å². The first kappa shape index (κ1) is 20.3. The molecule has 0 N–H and O–H groups in total. The van der Waals surface area contributed by atoms with E-state index in [1.54, 1.807) is 30.3 Å². The lowest BCUT2D eigenvalue weighted by molar-refractivity contribution is -0.123. The third kappa shape index (κ3) is 4.51. The van der Waals surface area contributed by atoms with Gasteiger partial charge in [-0.1, -0.05) is 29.8 Å². The zero-order chi connectivity index (χ0) is 20.1. The van der Waals surface area contributed by atoms with Crippen LogP contribution in [0.5, 0.6) is 11.5 Å². The van der Waals surface area contributed by atoms with Gasteiger partial charge in [0.2, 0.25) is 0 Å². The number of ether oxygens (including phenoxy) is 2. The highest BCUT2D eigenvalue weighted by Crippen LogP contribution is 2.36. The fraction of sp³-hybridized carbons (Fsp3) is 0.238. The molecule has 1 saturated heterocycles. The number of amides is 2. The van der Waals surface area contributed by atoms with Gasteiger partial charge in [-0.3, -0.25) is 14.5 Å². The Morgan fingerprint density at radius 3 is 2.54 bits per heavy atom. The van der Waals surface area contributed by atoms with Crippen molar-refractivity contribution in [3.05, 3.63) is 63.5 Å². The van der Waals surface area contributed by atoms with Crippen LogP contribution in [-0.2, 0) is 11.3 Å². The second-order valence-corrected chi connectivity index (χ2v) is 7.33. The Kier molecular flexibility index (Phi) is 6.65. The van der Waals surface area contributed by atoms with Gasteiger partial charge in [0.05, 0.1) is 24.7 Å². The Bertz CT molecular complexity index is 928. The number of carbonyl (C=O) groups is 2. The standard InChI is InChI=1S/C21H20ClNO4S/c1-3-26-16-10-9-14(18(12-16)27-4-2)11-19-20(24)23(21(25)28-19)13-15-7-5-6-8-17(15)22/h5-12H,3-4,13H2,1-2H3. The molecule has 146 valence electrons. The molecule has 0 atom stereocenters. The summed E-state index contributed by atoms with van der Waals surface area (Å²) < 4.78 is 11.2. The summed E-state index contributed by atoms with van der Waals surface area (Å²) in [4.78, 5) is 26.7. The zero-order valence-electron chi connectivity index (χ0n) is 15.6. The van der Waals surface area contributed by atoms with Crippen LogP contribution in [0, 0.1) is 0 Å². The van der Waals surface area contributed by atoms with E-state index in [0.717, 1.165) is 17.3 Å². The topological polar surface area (TPSA) is 55.8 Å². The van der Waals surface area contributed by atoms with Crippen molar-refractivity contribution in [2.45, 2.75) is 20.4 Å². The summed E-state index contributed by atoms with van der Waals surface area (Å²) in [7, 11) is 0. The Morgan fingerprint density at radius 1 is 1.07 bits per heavy atom. The van der Waals surface area contributed by atoms with E-state index in [2.05, 4.69) is 0 Å². The van der Waals surface area contributed by atoms with Crippen LogP contribution in [0.25, 0.3) is 6.08 Å². The molecule has 7 heteroatoms. The van der Waals surface area contributed by atoms with E-state index in [9.17, 15) is 9.59 Å². The monoisotopic (exact) mass is 417 g/mol. The molecular formula is C21H20ClNO4S. The molecule has 0 bridgehead atoms. The molecule has 1 aliphatic heterocycles. The molecule has 3 rings (SSSR count). The minimum absolute atomic E-state index is 0.142. The molecule has 0 radical (unpaired) electrons. The largest absolute Gasteiger partial charge is 0.494 e. The third-order valence-electron chi connectivity index (χ3n) is 4.04. The fourth-order valence-corrected chi connectivity index (χ4v) is 3.77. The molecule has 0 aromatic heterocycles. The Balaban J connectivity index is 1.86. The molecule has 2 aromatic carbocycles. The van der Waals surface area contributed by atoms with Crippen molar-refractivity contribution in [2.75, 3.05) is 13.2 Å². The lowest BCUT2D eigenvalue weighted by Crippen LogP contribution is -2.27. The summed E-state index contributed by atoms with van der Waals surface area (Å²) in [6, 6.07) is 12.6. The van der Waals surface area contributed by atoms with Gasteiger partial charge in [0.15, 0.2) is 0 Å².